The van der Waals surface area contributed by atoms with Crippen LogP contribution in [0.15, 0.2) is 24.3 Å². The van der Waals surface area contributed by atoms with E-state index >= 15 is 0 Å². The molecular formula is C20H30N4O2. The maximum absolute atomic E-state index is 12.3. The molecule has 0 bridgehead atoms. The Hall–Kier alpha value is -1.92. The molecule has 1 aromatic rings. The lowest BCUT2D eigenvalue weighted by Crippen LogP contribution is -2.55. The number of rotatable bonds is 7. The Morgan fingerprint density at radius 1 is 1.19 bits per heavy atom. The molecule has 3 rings (SSSR count). The third kappa shape index (κ3) is 5.29. The van der Waals surface area contributed by atoms with E-state index in [-0.39, 0.29) is 17.9 Å². The summed E-state index contributed by atoms with van der Waals surface area (Å²) >= 11 is 0. The maximum Gasteiger partial charge on any atom is 0.238 e. The zero-order valence-corrected chi connectivity index (χ0v) is 15.8. The van der Waals surface area contributed by atoms with Gasteiger partial charge in [-0.2, -0.15) is 0 Å². The first-order valence-corrected chi connectivity index (χ1v) is 9.70. The molecule has 142 valence electrons. The van der Waals surface area contributed by atoms with Crippen LogP contribution in [-0.2, 0) is 16.0 Å². The highest BCUT2D eigenvalue weighted by Crippen LogP contribution is 2.19. The quantitative estimate of drug-likeness (QED) is 0.775. The number of carbonyl (C=O) groups is 2. The molecule has 0 spiro atoms. The van der Waals surface area contributed by atoms with Crippen LogP contribution in [0.1, 0.15) is 32.3 Å². The van der Waals surface area contributed by atoms with Crippen molar-refractivity contribution in [2.75, 3.05) is 38.0 Å². The number of piperazine rings is 1. The van der Waals surface area contributed by atoms with Gasteiger partial charge in [-0.15, -0.1) is 0 Å². The van der Waals surface area contributed by atoms with Gasteiger partial charge in [-0.1, -0.05) is 19.1 Å². The largest absolute Gasteiger partial charge is 0.352 e. The van der Waals surface area contributed by atoms with Crippen molar-refractivity contribution >= 4 is 17.5 Å². The van der Waals surface area contributed by atoms with Crippen LogP contribution in [0.25, 0.3) is 0 Å². The number of hydrogen-bond donors (Lipinski definition) is 2. The number of nitrogens with zero attached hydrogens (tertiary/aromatic N) is 2. The van der Waals surface area contributed by atoms with E-state index in [9.17, 15) is 9.59 Å². The lowest BCUT2D eigenvalue weighted by molar-refractivity contribution is -0.127. The SMILES string of the molecule is CCc1cccc(NC(=O)CN2CCN(C(C)C(=O)NC3CC3)CC2)c1. The third-order valence-electron chi connectivity index (χ3n) is 5.24. The molecule has 0 aromatic heterocycles. The van der Waals surface area contributed by atoms with E-state index in [2.05, 4.69) is 33.4 Å². The van der Waals surface area contributed by atoms with E-state index in [0.29, 0.717) is 12.6 Å². The molecule has 1 heterocycles. The Kier molecular flexibility index (Phi) is 6.27. The fraction of sp³-hybridized carbons (Fsp3) is 0.600. The summed E-state index contributed by atoms with van der Waals surface area (Å²) in [6.45, 7) is 7.72. The van der Waals surface area contributed by atoms with Gasteiger partial charge in [-0.05, 0) is 43.9 Å². The fourth-order valence-corrected chi connectivity index (χ4v) is 3.30. The van der Waals surface area contributed by atoms with E-state index in [1.165, 1.54) is 5.56 Å². The molecule has 2 amide bonds. The standard InChI is InChI=1S/C20H30N4O2/c1-3-16-5-4-6-18(13-16)21-19(25)14-23-9-11-24(12-10-23)15(2)20(26)22-17-7-8-17/h4-6,13,15,17H,3,7-12,14H2,1-2H3,(H,21,25)(H,22,26). The Bertz CT molecular complexity index is 636. The highest BCUT2D eigenvalue weighted by Gasteiger charge is 2.30. The van der Waals surface area contributed by atoms with Gasteiger partial charge in [0.1, 0.15) is 0 Å². The smallest absolute Gasteiger partial charge is 0.238 e. The molecule has 1 aliphatic heterocycles. The lowest BCUT2D eigenvalue weighted by Gasteiger charge is -2.37. The summed E-state index contributed by atoms with van der Waals surface area (Å²) in [6.07, 6.45) is 3.18. The predicted molar refractivity (Wildman–Crippen MR) is 103 cm³/mol. The minimum absolute atomic E-state index is 0.0197. The second kappa shape index (κ2) is 8.64. The van der Waals surface area contributed by atoms with Gasteiger partial charge < -0.3 is 10.6 Å². The average Bonchev–Trinajstić information content (AvgIpc) is 3.45. The van der Waals surface area contributed by atoms with Gasteiger partial charge >= 0.3 is 0 Å². The maximum atomic E-state index is 12.3. The molecule has 1 unspecified atom stereocenters. The van der Waals surface area contributed by atoms with Crippen LogP contribution in [0, 0.1) is 0 Å². The van der Waals surface area contributed by atoms with Crippen LogP contribution < -0.4 is 10.6 Å². The summed E-state index contributed by atoms with van der Waals surface area (Å²) in [4.78, 5) is 28.8. The van der Waals surface area contributed by atoms with Crippen molar-refractivity contribution in [1.82, 2.24) is 15.1 Å². The number of anilines is 1. The van der Waals surface area contributed by atoms with Gasteiger partial charge in [0.2, 0.25) is 11.8 Å². The number of amides is 2. The molecule has 2 N–H and O–H groups in total. The van der Waals surface area contributed by atoms with Gasteiger partial charge in [-0.25, -0.2) is 0 Å². The molecule has 2 aliphatic rings. The zero-order valence-electron chi connectivity index (χ0n) is 15.8. The summed E-state index contributed by atoms with van der Waals surface area (Å²) in [7, 11) is 0. The van der Waals surface area contributed by atoms with Crippen molar-refractivity contribution in [3.8, 4) is 0 Å². The Morgan fingerprint density at radius 3 is 2.58 bits per heavy atom. The Balaban J connectivity index is 1.41. The zero-order chi connectivity index (χ0) is 18.5. The van der Waals surface area contributed by atoms with E-state index in [1.54, 1.807) is 0 Å². The summed E-state index contributed by atoms with van der Waals surface area (Å²) in [5.41, 5.74) is 2.08. The number of carbonyl (C=O) groups excluding carboxylic acids is 2. The molecule has 1 aliphatic carbocycles. The van der Waals surface area contributed by atoms with Crippen LogP contribution in [0.3, 0.4) is 0 Å². The normalized spacial score (nSPS) is 19.8. The van der Waals surface area contributed by atoms with Crippen molar-refractivity contribution in [3.05, 3.63) is 29.8 Å². The number of hydrogen-bond acceptors (Lipinski definition) is 4. The van der Waals surface area contributed by atoms with Gasteiger partial charge in [0.15, 0.2) is 0 Å². The second-order valence-electron chi connectivity index (χ2n) is 7.37. The topological polar surface area (TPSA) is 64.7 Å². The molecule has 0 radical (unpaired) electrons. The number of aryl methyl sites for hydroxylation is 1. The van der Waals surface area contributed by atoms with Crippen LogP contribution >= 0.6 is 0 Å². The Morgan fingerprint density at radius 2 is 1.92 bits per heavy atom. The summed E-state index contributed by atoms with van der Waals surface area (Å²) in [5.74, 6) is 0.153. The van der Waals surface area contributed by atoms with Gasteiger partial charge in [0, 0.05) is 37.9 Å². The van der Waals surface area contributed by atoms with Crippen molar-refractivity contribution < 1.29 is 9.59 Å². The summed E-state index contributed by atoms with van der Waals surface area (Å²) in [6, 6.07) is 8.30. The highest BCUT2D eigenvalue weighted by molar-refractivity contribution is 5.92. The minimum atomic E-state index is -0.0941. The summed E-state index contributed by atoms with van der Waals surface area (Å²) < 4.78 is 0. The second-order valence-corrected chi connectivity index (χ2v) is 7.37. The average molecular weight is 358 g/mol. The van der Waals surface area contributed by atoms with E-state index < -0.39 is 0 Å². The Labute approximate surface area is 155 Å². The van der Waals surface area contributed by atoms with Crippen LogP contribution in [0.4, 0.5) is 5.69 Å². The van der Waals surface area contributed by atoms with Crippen molar-refractivity contribution in [2.45, 2.75) is 45.2 Å². The number of nitrogens with one attached hydrogen (secondary N) is 2. The van der Waals surface area contributed by atoms with Gasteiger partial charge in [0.05, 0.1) is 12.6 Å². The van der Waals surface area contributed by atoms with Gasteiger partial charge in [0.25, 0.3) is 0 Å². The molecule has 2 fully saturated rings. The molecule has 1 saturated heterocycles. The number of benzene rings is 1. The predicted octanol–water partition coefficient (Wildman–Crippen LogP) is 1.47. The molecule has 1 aromatic carbocycles. The van der Waals surface area contributed by atoms with Crippen molar-refractivity contribution in [3.63, 3.8) is 0 Å². The molecule has 26 heavy (non-hydrogen) atoms. The van der Waals surface area contributed by atoms with Crippen LogP contribution in [-0.4, -0.2) is 66.4 Å². The minimum Gasteiger partial charge on any atom is -0.352 e. The van der Waals surface area contributed by atoms with E-state index in [1.807, 2.05) is 25.1 Å². The highest BCUT2D eigenvalue weighted by atomic mass is 16.2. The van der Waals surface area contributed by atoms with Crippen LogP contribution in [0.5, 0.6) is 0 Å². The molecule has 1 atom stereocenters. The first-order chi connectivity index (χ1) is 12.5. The summed E-state index contributed by atoms with van der Waals surface area (Å²) in [5, 5.41) is 6.06. The molecule has 1 saturated carbocycles. The van der Waals surface area contributed by atoms with Crippen molar-refractivity contribution in [2.24, 2.45) is 0 Å². The van der Waals surface area contributed by atoms with Crippen molar-refractivity contribution in [1.29, 1.82) is 0 Å². The van der Waals surface area contributed by atoms with Crippen LogP contribution in [0.2, 0.25) is 0 Å². The first kappa shape index (κ1) is 18.9. The molecular weight excluding hydrogens is 328 g/mol. The monoisotopic (exact) mass is 358 g/mol. The van der Waals surface area contributed by atoms with E-state index in [4.69, 9.17) is 0 Å². The third-order valence-corrected chi connectivity index (χ3v) is 5.24. The van der Waals surface area contributed by atoms with E-state index in [0.717, 1.165) is 51.1 Å². The first-order valence-electron chi connectivity index (χ1n) is 9.70. The molecule has 6 heteroatoms. The molecule has 6 nitrogen and oxygen atoms in total. The lowest BCUT2D eigenvalue weighted by atomic mass is 10.1. The van der Waals surface area contributed by atoms with Gasteiger partial charge in [-0.3, -0.25) is 19.4 Å². The fourth-order valence-electron chi connectivity index (χ4n) is 3.30.